The van der Waals surface area contributed by atoms with Crippen LogP contribution in [0, 0.1) is 0 Å². The quantitative estimate of drug-likeness (QED) is 0.405. The van der Waals surface area contributed by atoms with E-state index >= 15 is 0 Å². The Morgan fingerprint density at radius 2 is 1.00 bits per heavy atom. The Morgan fingerprint density at radius 3 is 1.30 bits per heavy atom. The van der Waals surface area contributed by atoms with E-state index in [0.717, 1.165) is 12.5 Å². The van der Waals surface area contributed by atoms with Crippen LogP contribution in [0.15, 0.2) is 0 Å². The van der Waals surface area contributed by atoms with Gasteiger partial charge in [-0.15, -0.1) is 11.6 Å². The van der Waals surface area contributed by atoms with Gasteiger partial charge >= 0.3 is 8.80 Å². The van der Waals surface area contributed by atoms with E-state index in [4.69, 9.17) is 24.9 Å². The first kappa shape index (κ1) is 18.2. The topological polar surface area (TPSA) is 27.7 Å². The van der Waals surface area contributed by atoms with Gasteiger partial charge in [0, 0.05) is 30.2 Å². The standard InChI is InChI=1S/C18H33ClO3Si/c19-14-7-15-23(20-16-8-1-2-9-16,21-17-10-3-4-11-17)22-18-12-5-6-13-18/h16-18H,1-15H2. The summed E-state index contributed by atoms with van der Waals surface area (Å²) >= 11 is 6.01. The predicted molar refractivity (Wildman–Crippen MR) is 95.9 cm³/mol. The minimum Gasteiger partial charge on any atom is -0.370 e. The summed E-state index contributed by atoms with van der Waals surface area (Å²) in [4.78, 5) is 0. The summed E-state index contributed by atoms with van der Waals surface area (Å²) in [5.74, 6) is 0.671. The molecule has 3 aliphatic carbocycles. The SMILES string of the molecule is ClCCC[Si](OC1CCCC1)(OC1CCCC1)OC1CCCC1. The maximum absolute atomic E-state index is 6.66. The summed E-state index contributed by atoms with van der Waals surface area (Å²) in [6.07, 6.45) is 16.8. The van der Waals surface area contributed by atoms with Gasteiger partial charge in [-0.05, 0) is 44.9 Å². The van der Waals surface area contributed by atoms with Crippen molar-refractivity contribution in [2.45, 2.75) is 108 Å². The van der Waals surface area contributed by atoms with E-state index in [9.17, 15) is 0 Å². The van der Waals surface area contributed by atoms with Gasteiger partial charge < -0.3 is 13.3 Å². The Kier molecular flexibility index (Phi) is 7.26. The molecule has 0 unspecified atom stereocenters. The molecule has 0 aromatic rings. The average molecular weight is 361 g/mol. The minimum absolute atomic E-state index is 0.361. The summed E-state index contributed by atoms with van der Waals surface area (Å²) < 4.78 is 20.0. The van der Waals surface area contributed by atoms with Crippen LogP contribution >= 0.6 is 11.6 Å². The Morgan fingerprint density at radius 1 is 0.652 bits per heavy atom. The highest BCUT2D eigenvalue weighted by Gasteiger charge is 2.47. The lowest BCUT2D eigenvalue weighted by molar-refractivity contribution is -0.0158. The average Bonchev–Trinajstić information content (AvgIpc) is 3.28. The van der Waals surface area contributed by atoms with Gasteiger partial charge in [0.05, 0.1) is 0 Å². The molecule has 3 nitrogen and oxygen atoms in total. The van der Waals surface area contributed by atoms with E-state index in [1.54, 1.807) is 0 Å². The van der Waals surface area contributed by atoms with Gasteiger partial charge in [-0.1, -0.05) is 38.5 Å². The Bertz CT molecular complexity index is 292. The molecule has 0 aliphatic heterocycles. The molecule has 3 rings (SSSR count). The summed E-state index contributed by atoms with van der Waals surface area (Å²) in [5, 5.41) is 0. The molecular formula is C18H33ClO3Si. The van der Waals surface area contributed by atoms with Crippen LogP contribution < -0.4 is 0 Å². The summed E-state index contributed by atoms with van der Waals surface area (Å²) in [5.41, 5.74) is 0. The summed E-state index contributed by atoms with van der Waals surface area (Å²) in [6.45, 7) is 0. The van der Waals surface area contributed by atoms with Crippen molar-refractivity contribution in [3.63, 3.8) is 0 Å². The number of halogens is 1. The fourth-order valence-electron chi connectivity index (χ4n) is 4.32. The molecule has 0 aromatic carbocycles. The number of rotatable bonds is 9. The monoisotopic (exact) mass is 360 g/mol. The largest absolute Gasteiger partial charge is 0.501 e. The molecule has 0 bridgehead atoms. The molecule has 3 aliphatic rings. The second kappa shape index (κ2) is 9.19. The molecule has 0 N–H and O–H groups in total. The number of hydrogen-bond donors (Lipinski definition) is 0. The second-order valence-corrected chi connectivity index (χ2v) is 10.5. The molecule has 5 heteroatoms. The van der Waals surface area contributed by atoms with Gasteiger partial charge in [-0.3, -0.25) is 0 Å². The van der Waals surface area contributed by atoms with Crippen LogP contribution in [0.1, 0.15) is 83.5 Å². The van der Waals surface area contributed by atoms with Crippen LogP contribution in [0.5, 0.6) is 0 Å². The van der Waals surface area contributed by atoms with Crippen molar-refractivity contribution in [1.82, 2.24) is 0 Å². The van der Waals surface area contributed by atoms with Crippen LogP contribution in [0.25, 0.3) is 0 Å². The molecular weight excluding hydrogens is 328 g/mol. The fourth-order valence-corrected chi connectivity index (χ4v) is 8.04. The van der Waals surface area contributed by atoms with E-state index in [0.29, 0.717) is 24.2 Å². The van der Waals surface area contributed by atoms with E-state index in [2.05, 4.69) is 0 Å². The van der Waals surface area contributed by atoms with Crippen molar-refractivity contribution in [1.29, 1.82) is 0 Å². The van der Waals surface area contributed by atoms with Crippen molar-refractivity contribution in [2.75, 3.05) is 5.88 Å². The maximum Gasteiger partial charge on any atom is 0.501 e. The normalized spacial score (nSPS) is 24.9. The Hall–Kier alpha value is 0.387. The van der Waals surface area contributed by atoms with Crippen LogP contribution in [-0.2, 0) is 13.3 Å². The van der Waals surface area contributed by atoms with Gasteiger partial charge in [0.2, 0.25) is 0 Å². The zero-order chi connectivity index (χ0) is 16.0. The van der Waals surface area contributed by atoms with E-state index in [-0.39, 0.29) is 0 Å². The van der Waals surface area contributed by atoms with Gasteiger partial charge in [-0.25, -0.2) is 0 Å². The lowest BCUT2D eigenvalue weighted by Gasteiger charge is -2.36. The van der Waals surface area contributed by atoms with Crippen molar-refractivity contribution >= 4 is 20.4 Å². The van der Waals surface area contributed by atoms with Crippen LogP contribution in [0.2, 0.25) is 6.04 Å². The highest BCUT2D eigenvalue weighted by Crippen LogP contribution is 2.35. The lowest BCUT2D eigenvalue weighted by Crippen LogP contribution is -2.52. The fraction of sp³-hybridized carbons (Fsp3) is 1.00. The van der Waals surface area contributed by atoms with Crippen LogP contribution in [-0.4, -0.2) is 33.0 Å². The first-order valence-corrected chi connectivity index (χ1v) is 12.4. The first-order valence-electron chi connectivity index (χ1n) is 9.89. The van der Waals surface area contributed by atoms with Crippen molar-refractivity contribution in [3.05, 3.63) is 0 Å². The van der Waals surface area contributed by atoms with Crippen molar-refractivity contribution in [3.8, 4) is 0 Å². The van der Waals surface area contributed by atoms with Crippen molar-refractivity contribution in [2.24, 2.45) is 0 Å². The lowest BCUT2D eigenvalue weighted by atomic mass is 10.3. The zero-order valence-electron chi connectivity index (χ0n) is 14.4. The zero-order valence-corrected chi connectivity index (χ0v) is 16.2. The maximum atomic E-state index is 6.66. The Labute approximate surface area is 147 Å². The molecule has 0 atom stereocenters. The molecule has 0 spiro atoms. The number of alkyl halides is 1. The third-order valence-corrected chi connectivity index (χ3v) is 8.87. The molecule has 0 saturated heterocycles. The molecule has 0 radical (unpaired) electrons. The van der Waals surface area contributed by atoms with Gasteiger partial charge in [0.1, 0.15) is 0 Å². The predicted octanol–water partition coefficient (Wildman–Crippen LogP) is 5.43. The molecule has 23 heavy (non-hydrogen) atoms. The van der Waals surface area contributed by atoms with Gasteiger partial charge in [0.15, 0.2) is 0 Å². The third-order valence-electron chi connectivity index (χ3n) is 5.56. The summed E-state index contributed by atoms with van der Waals surface area (Å²) in [7, 11) is -2.60. The van der Waals surface area contributed by atoms with Crippen molar-refractivity contribution < 1.29 is 13.3 Å². The second-order valence-electron chi connectivity index (χ2n) is 7.55. The highest BCUT2D eigenvalue weighted by atomic mass is 35.5. The van der Waals surface area contributed by atoms with E-state index < -0.39 is 8.80 Å². The van der Waals surface area contributed by atoms with E-state index in [1.807, 2.05) is 0 Å². The molecule has 0 amide bonds. The molecule has 0 heterocycles. The van der Waals surface area contributed by atoms with Gasteiger partial charge in [-0.2, -0.15) is 0 Å². The van der Waals surface area contributed by atoms with E-state index in [1.165, 1.54) is 77.0 Å². The van der Waals surface area contributed by atoms with Crippen LogP contribution in [0.3, 0.4) is 0 Å². The smallest absolute Gasteiger partial charge is 0.370 e. The van der Waals surface area contributed by atoms with Crippen LogP contribution in [0.4, 0.5) is 0 Å². The molecule has 0 aromatic heterocycles. The summed E-state index contributed by atoms with van der Waals surface area (Å²) in [6, 6.07) is 0.903. The first-order chi connectivity index (χ1) is 11.3. The molecule has 134 valence electrons. The minimum atomic E-state index is -2.60. The van der Waals surface area contributed by atoms with Gasteiger partial charge in [0.25, 0.3) is 0 Å². The molecule has 3 saturated carbocycles. The third kappa shape index (κ3) is 5.43. The molecule has 3 fully saturated rings. The Balaban J connectivity index is 1.69. The highest BCUT2D eigenvalue weighted by molar-refractivity contribution is 6.61. The number of hydrogen-bond acceptors (Lipinski definition) is 3.